The Morgan fingerprint density at radius 1 is 1.03 bits per heavy atom. The number of carbonyl (C=O) groups is 3. The molecule has 36 heavy (non-hydrogen) atoms. The van der Waals surface area contributed by atoms with Crippen molar-refractivity contribution in [3.63, 3.8) is 0 Å². The van der Waals surface area contributed by atoms with E-state index in [-0.39, 0.29) is 50.4 Å². The number of amides is 2. The van der Waals surface area contributed by atoms with Gasteiger partial charge in [-0.1, -0.05) is 65.2 Å². The maximum atomic E-state index is 13.0. The molecule has 4 rings (SSSR count). The SMILES string of the molecule is CCOc1cc(/C=C2\SC(=O)N(Cc3cccc(C)c3)C2=O)cc(Cl)c1OC(=O)c1ccccc1Cl. The van der Waals surface area contributed by atoms with E-state index < -0.39 is 11.9 Å². The summed E-state index contributed by atoms with van der Waals surface area (Å²) in [7, 11) is 0. The predicted molar refractivity (Wildman–Crippen MR) is 142 cm³/mol. The van der Waals surface area contributed by atoms with Gasteiger partial charge in [0, 0.05) is 0 Å². The van der Waals surface area contributed by atoms with Gasteiger partial charge in [-0.3, -0.25) is 14.5 Å². The molecule has 2 amide bonds. The molecule has 6 nitrogen and oxygen atoms in total. The Bertz CT molecular complexity index is 1390. The molecule has 0 bridgehead atoms. The van der Waals surface area contributed by atoms with Gasteiger partial charge in [0.15, 0.2) is 11.5 Å². The lowest BCUT2D eigenvalue weighted by molar-refractivity contribution is -0.123. The van der Waals surface area contributed by atoms with Crippen LogP contribution in [-0.2, 0) is 11.3 Å². The molecule has 0 unspecified atom stereocenters. The van der Waals surface area contributed by atoms with Gasteiger partial charge in [-0.2, -0.15) is 0 Å². The van der Waals surface area contributed by atoms with Crippen LogP contribution in [0.25, 0.3) is 6.08 Å². The molecule has 0 atom stereocenters. The van der Waals surface area contributed by atoms with Crippen LogP contribution < -0.4 is 9.47 Å². The summed E-state index contributed by atoms with van der Waals surface area (Å²) >= 11 is 13.4. The summed E-state index contributed by atoms with van der Waals surface area (Å²) in [5, 5.41) is -0.00430. The molecule has 1 aliphatic heterocycles. The lowest BCUT2D eigenvalue weighted by atomic mass is 10.1. The highest BCUT2D eigenvalue weighted by atomic mass is 35.5. The van der Waals surface area contributed by atoms with Crippen molar-refractivity contribution < 1.29 is 23.9 Å². The summed E-state index contributed by atoms with van der Waals surface area (Å²) in [5.41, 5.74) is 2.61. The number of ether oxygens (including phenoxy) is 2. The molecule has 1 fully saturated rings. The van der Waals surface area contributed by atoms with Crippen molar-refractivity contribution in [1.82, 2.24) is 4.90 Å². The van der Waals surface area contributed by atoms with Crippen LogP contribution in [0.1, 0.15) is 34.0 Å². The Morgan fingerprint density at radius 3 is 2.53 bits per heavy atom. The molecule has 3 aromatic rings. The van der Waals surface area contributed by atoms with Crippen molar-refractivity contribution in [2.24, 2.45) is 0 Å². The number of esters is 1. The fraction of sp³-hybridized carbons (Fsp3) is 0.148. The third-order valence-electron chi connectivity index (χ3n) is 5.21. The Morgan fingerprint density at radius 2 is 1.81 bits per heavy atom. The molecule has 0 radical (unpaired) electrons. The molecule has 1 heterocycles. The number of halogens is 2. The standard InChI is InChI=1S/C27H21Cl2NO5S/c1-3-34-22-13-18(12-21(29)24(22)35-26(32)19-9-4-5-10-20(19)28)14-23-25(31)30(27(33)36-23)15-17-8-6-7-16(2)11-17/h4-14H,3,15H2,1-2H3/b23-14-. The van der Waals surface area contributed by atoms with Gasteiger partial charge in [0.1, 0.15) is 0 Å². The van der Waals surface area contributed by atoms with Crippen LogP contribution in [-0.4, -0.2) is 28.6 Å². The average Bonchev–Trinajstić information content (AvgIpc) is 3.09. The second-order valence-corrected chi connectivity index (χ2v) is 9.70. The summed E-state index contributed by atoms with van der Waals surface area (Å²) in [6.45, 7) is 4.19. The zero-order valence-corrected chi connectivity index (χ0v) is 21.7. The van der Waals surface area contributed by atoms with E-state index in [2.05, 4.69) is 0 Å². The first kappa shape index (κ1) is 25.8. The van der Waals surface area contributed by atoms with Crippen molar-refractivity contribution in [2.45, 2.75) is 20.4 Å². The van der Waals surface area contributed by atoms with E-state index in [1.54, 1.807) is 43.3 Å². The number of hydrogen-bond donors (Lipinski definition) is 0. The van der Waals surface area contributed by atoms with Crippen LogP contribution in [0.3, 0.4) is 0 Å². The molecule has 3 aromatic carbocycles. The van der Waals surface area contributed by atoms with Crippen molar-refractivity contribution in [3.05, 3.63) is 97.9 Å². The number of thioether (sulfide) groups is 1. The van der Waals surface area contributed by atoms with Crippen LogP contribution in [0.2, 0.25) is 10.0 Å². The van der Waals surface area contributed by atoms with Gasteiger partial charge < -0.3 is 9.47 Å². The van der Waals surface area contributed by atoms with E-state index in [4.69, 9.17) is 32.7 Å². The molecule has 0 aromatic heterocycles. The summed E-state index contributed by atoms with van der Waals surface area (Å²) < 4.78 is 11.2. The van der Waals surface area contributed by atoms with Gasteiger partial charge in [-0.25, -0.2) is 4.79 Å². The predicted octanol–water partition coefficient (Wildman–Crippen LogP) is 7.16. The second-order valence-electron chi connectivity index (χ2n) is 7.89. The quantitative estimate of drug-likeness (QED) is 0.179. The fourth-order valence-electron chi connectivity index (χ4n) is 3.59. The average molecular weight is 542 g/mol. The molecule has 1 aliphatic rings. The minimum Gasteiger partial charge on any atom is -0.490 e. The fourth-order valence-corrected chi connectivity index (χ4v) is 4.90. The minimum atomic E-state index is -0.687. The van der Waals surface area contributed by atoms with Crippen molar-refractivity contribution in [3.8, 4) is 11.5 Å². The maximum absolute atomic E-state index is 13.0. The maximum Gasteiger partial charge on any atom is 0.345 e. The van der Waals surface area contributed by atoms with E-state index in [1.165, 1.54) is 11.0 Å². The zero-order valence-electron chi connectivity index (χ0n) is 19.4. The number of hydrogen-bond acceptors (Lipinski definition) is 6. The molecular weight excluding hydrogens is 521 g/mol. The van der Waals surface area contributed by atoms with Crippen LogP contribution >= 0.6 is 35.0 Å². The van der Waals surface area contributed by atoms with Gasteiger partial charge in [0.2, 0.25) is 0 Å². The van der Waals surface area contributed by atoms with E-state index in [9.17, 15) is 14.4 Å². The Balaban J connectivity index is 1.60. The van der Waals surface area contributed by atoms with E-state index >= 15 is 0 Å². The summed E-state index contributed by atoms with van der Waals surface area (Å²) in [6, 6.07) is 17.3. The van der Waals surface area contributed by atoms with Gasteiger partial charge in [-0.05, 0) is 67.1 Å². The monoisotopic (exact) mass is 541 g/mol. The molecule has 0 spiro atoms. The smallest absolute Gasteiger partial charge is 0.345 e. The van der Waals surface area contributed by atoms with Crippen molar-refractivity contribution in [1.29, 1.82) is 0 Å². The van der Waals surface area contributed by atoms with E-state index in [1.807, 2.05) is 31.2 Å². The van der Waals surface area contributed by atoms with Crippen LogP contribution in [0.15, 0.2) is 65.6 Å². The molecular formula is C27H21Cl2NO5S. The largest absolute Gasteiger partial charge is 0.490 e. The molecule has 0 N–H and O–H groups in total. The second kappa shape index (κ2) is 11.2. The van der Waals surface area contributed by atoms with Crippen LogP contribution in [0.4, 0.5) is 4.79 Å². The van der Waals surface area contributed by atoms with E-state index in [0.29, 0.717) is 5.56 Å². The summed E-state index contributed by atoms with van der Waals surface area (Å²) in [6.07, 6.45) is 1.56. The summed E-state index contributed by atoms with van der Waals surface area (Å²) in [5.74, 6) is -0.827. The van der Waals surface area contributed by atoms with Gasteiger partial charge in [0.25, 0.3) is 11.1 Å². The number of rotatable bonds is 7. The lowest BCUT2D eigenvalue weighted by Crippen LogP contribution is -2.27. The van der Waals surface area contributed by atoms with Crippen LogP contribution in [0, 0.1) is 6.92 Å². The first-order valence-electron chi connectivity index (χ1n) is 11.0. The number of nitrogens with zero attached hydrogens (tertiary/aromatic N) is 1. The topological polar surface area (TPSA) is 72.9 Å². The highest BCUT2D eigenvalue weighted by molar-refractivity contribution is 8.18. The highest BCUT2D eigenvalue weighted by Gasteiger charge is 2.35. The molecule has 9 heteroatoms. The van der Waals surface area contributed by atoms with E-state index in [0.717, 1.165) is 22.9 Å². The zero-order chi connectivity index (χ0) is 25.8. The molecule has 0 saturated carbocycles. The third-order valence-corrected chi connectivity index (χ3v) is 6.73. The Hall–Kier alpha value is -3.26. The van der Waals surface area contributed by atoms with Gasteiger partial charge in [-0.15, -0.1) is 0 Å². The molecule has 0 aliphatic carbocycles. The highest BCUT2D eigenvalue weighted by Crippen LogP contribution is 2.40. The summed E-state index contributed by atoms with van der Waals surface area (Å²) in [4.78, 5) is 39.7. The van der Waals surface area contributed by atoms with Gasteiger partial charge in [0.05, 0.1) is 33.7 Å². The van der Waals surface area contributed by atoms with Crippen LogP contribution in [0.5, 0.6) is 11.5 Å². The number of aryl methyl sites for hydroxylation is 1. The van der Waals surface area contributed by atoms with Gasteiger partial charge >= 0.3 is 5.97 Å². The molecule has 1 saturated heterocycles. The Labute approximate surface area is 222 Å². The van der Waals surface area contributed by atoms with Crippen molar-refractivity contribution >= 4 is 58.2 Å². The first-order valence-corrected chi connectivity index (χ1v) is 12.6. The van der Waals surface area contributed by atoms with Crippen molar-refractivity contribution in [2.75, 3.05) is 6.61 Å². The minimum absolute atomic E-state index is 0.0353. The molecule has 184 valence electrons. The third kappa shape index (κ3) is 5.75. The number of imide groups is 1. The normalized spacial score (nSPS) is 14.4. The number of benzene rings is 3. The Kier molecular flexibility index (Phi) is 8.04. The first-order chi connectivity index (χ1) is 17.3. The lowest BCUT2D eigenvalue weighted by Gasteiger charge is -2.14. The number of carbonyl (C=O) groups excluding carboxylic acids is 3.